The van der Waals surface area contributed by atoms with Gasteiger partial charge in [-0.1, -0.05) is 5.16 Å². The highest BCUT2D eigenvalue weighted by Crippen LogP contribution is 2.41. The first-order valence-corrected chi connectivity index (χ1v) is 9.40. The first kappa shape index (κ1) is 16.0. The average Bonchev–Trinajstić information content (AvgIpc) is 3.53. The predicted octanol–water partition coefficient (Wildman–Crippen LogP) is 2.05. The summed E-state index contributed by atoms with van der Waals surface area (Å²) < 4.78 is 10.9. The summed E-state index contributed by atoms with van der Waals surface area (Å²) in [7, 11) is 1.68. The quantitative estimate of drug-likeness (QED) is 0.850. The van der Waals surface area contributed by atoms with Crippen molar-refractivity contribution in [1.29, 1.82) is 0 Å². The van der Waals surface area contributed by atoms with Crippen LogP contribution < -0.4 is 0 Å². The summed E-state index contributed by atoms with van der Waals surface area (Å²) in [5.41, 5.74) is 1.57. The Hall–Kier alpha value is -2.22. The first-order valence-electron chi connectivity index (χ1n) is 9.40. The van der Waals surface area contributed by atoms with Crippen molar-refractivity contribution in [2.45, 2.75) is 43.4 Å². The summed E-state index contributed by atoms with van der Waals surface area (Å²) in [6.45, 7) is 1.73. The van der Waals surface area contributed by atoms with Crippen molar-refractivity contribution < 1.29 is 14.1 Å². The second kappa shape index (κ2) is 6.19. The predicted molar refractivity (Wildman–Crippen MR) is 90.8 cm³/mol. The van der Waals surface area contributed by atoms with E-state index in [1.54, 1.807) is 7.11 Å². The fraction of sp³-hybridized carbons (Fsp3) is 0.667. The number of methoxy groups -OCH3 is 1. The third kappa shape index (κ3) is 2.92. The van der Waals surface area contributed by atoms with Gasteiger partial charge in [0.2, 0.25) is 5.89 Å². The van der Waals surface area contributed by atoms with E-state index >= 15 is 0 Å². The Bertz CT molecular complexity index is 807. The molecule has 3 aliphatic rings. The number of H-pyrrole nitrogens is 1. The maximum Gasteiger partial charge on any atom is 0.274 e. The molecule has 1 saturated heterocycles. The summed E-state index contributed by atoms with van der Waals surface area (Å²) in [4.78, 5) is 19.3. The van der Waals surface area contributed by atoms with Crippen LogP contribution in [-0.4, -0.2) is 58.0 Å². The molecule has 0 unspecified atom stereocenters. The molecule has 5 rings (SSSR count). The van der Waals surface area contributed by atoms with Crippen LogP contribution in [0.2, 0.25) is 0 Å². The van der Waals surface area contributed by atoms with Gasteiger partial charge in [-0.2, -0.15) is 10.1 Å². The van der Waals surface area contributed by atoms with Gasteiger partial charge in [0.25, 0.3) is 5.91 Å². The van der Waals surface area contributed by atoms with Gasteiger partial charge in [0.15, 0.2) is 5.82 Å². The van der Waals surface area contributed by atoms with Crippen molar-refractivity contribution in [3.63, 3.8) is 0 Å². The van der Waals surface area contributed by atoms with Crippen LogP contribution >= 0.6 is 0 Å². The Morgan fingerprint density at radius 1 is 1.31 bits per heavy atom. The number of nitrogens with one attached hydrogen (secondary N) is 1. The fourth-order valence-electron chi connectivity index (χ4n) is 3.82. The van der Waals surface area contributed by atoms with Crippen molar-refractivity contribution in [3.8, 4) is 0 Å². The van der Waals surface area contributed by atoms with Crippen molar-refractivity contribution in [2.24, 2.45) is 5.92 Å². The number of aromatic amines is 1. The number of hydrogen-bond acceptors (Lipinski definition) is 6. The standard InChI is InChI=1S/C18H23N5O3/c1-25-9-12-7-23(18(24)15-6-14(20-21-15)10-2-3-10)8-13(12)17-19-16(22-26-17)11-4-5-11/h6,10-13H,2-5,7-9H2,1H3,(H,20,21)/t12-,13+/m0/s1. The van der Waals surface area contributed by atoms with Gasteiger partial charge < -0.3 is 14.2 Å². The molecule has 138 valence electrons. The number of carbonyl (C=O) groups is 1. The van der Waals surface area contributed by atoms with Crippen LogP contribution in [0.3, 0.4) is 0 Å². The van der Waals surface area contributed by atoms with Gasteiger partial charge in [-0.3, -0.25) is 9.89 Å². The van der Waals surface area contributed by atoms with Crippen molar-refractivity contribution in [1.82, 2.24) is 25.2 Å². The number of amides is 1. The molecule has 26 heavy (non-hydrogen) atoms. The number of ether oxygens (including phenoxy) is 1. The molecule has 0 aromatic carbocycles. The minimum atomic E-state index is -0.0429. The maximum absolute atomic E-state index is 12.9. The van der Waals surface area contributed by atoms with Crippen LogP contribution in [0, 0.1) is 5.92 Å². The molecule has 3 heterocycles. The maximum atomic E-state index is 12.9. The molecule has 8 nitrogen and oxygen atoms in total. The average molecular weight is 357 g/mol. The zero-order valence-electron chi connectivity index (χ0n) is 14.9. The molecule has 2 aliphatic carbocycles. The van der Waals surface area contributed by atoms with Crippen LogP contribution in [0.4, 0.5) is 0 Å². The molecule has 0 radical (unpaired) electrons. The molecule has 0 bridgehead atoms. The highest BCUT2D eigenvalue weighted by atomic mass is 16.5. The van der Waals surface area contributed by atoms with Crippen molar-refractivity contribution in [3.05, 3.63) is 29.2 Å². The number of nitrogens with zero attached hydrogens (tertiary/aromatic N) is 4. The first-order chi connectivity index (χ1) is 12.7. The molecule has 0 spiro atoms. The number of rotatable bonds is 6. The van der Waals surface area contributed by atoms with Gasteiger partial charge in [-0.25, -0.2) is 0 Å². The molecule has 2 aromatic heterocycles. The third-order valence-corrected chi connectivity index (χ3v) is 5.66. The van der Waals surface area contributed by atoms with E-state index in [4.69, 9.17) is 9.26 Å². The summed E-state index contributed by atoms with van der Waals surface area (Å²) in [6, 6.07) is 1.90. The van der Waals surface area contributed by atoms with Crippen LogP contribution in [0.5, 0.6) is 0 Å². The number of carbonyl (C=O) groups excluding carboxylic acids is 1. The summed E-state index contributed by atoms with van der Waals surface area (Å²) in [5, 5.41) is 11.4. The van der Waals surface area contributed by atoms with Crippen LogP contribution in [0.15, 0.2) is 10.6 Å². The molecule has 1 amide bonds. The zero-order chi connectivity index (χ0) is 17.7. The monoisotopic (exact) mass is 357 g/mol. The van der Waals surface area contributed by atoms with E-state index in [9.17, 15) is 4.79 Å². The Labute approximate surface area is 151 Å². The molecule has 1 N–H and O–H groups in total. The normalized spacial score (nSPS) is 25.8. The number of likely N-dealkylation sites (tertiary alicyclic amines) is 1. The minimum Gasteiger partial charge on any atom is -0.384 e. The van der Waals surface area contributed by atoms with E-state index in [1.807, 2.05) is 11.0 Å². The molecule has 2 aromatic rings. The van der Waals surface area contributed by atoms with E-state index in [2.05, 4.69) is 20.3 Å². The molecule has 3 fully saturated rings. The SMILES string of the molecule is COC[C@@H]1CN(C(=O)c2cc(C3CC3)[nH]n2)C[C@H]1c1nc(C2CC2)no1. The second-order valence-corrected chi connectivity index (χ2v) is 7.78. The van der Waals surface area contributed by atoms with Gasteiger partial charge in [0.05, 0.1) is 12.5 Å². The molecule has 8 heteroatoms. The molecule has 1 aliphatic heterocycles. The van der Waals surface area contributed by atoms with E-state index in [-0.39, 0.29) is 17.7 Å². The largest absolute Gasteiger partial charge is 0.384 e. The summed E-state index contributed by atoms with van der Waals surface area (Å²) >= 11 is 0. The van der Waals surface area contributed by atoms with E-state index in [0.29, 0.717) is 43.1 Å². The molecular weight excluding hydrogens is 334 g/mol. The number of aromatic nitrogens is 4. The highest BCUT2D eigenvalue weighted by molar-refractivity contribution is 5.92. The third-order valence-electron chi connectivity index (χ3n) is 5.66. The second-order valence-electron chi connectivity index (χ2n) is 7.78. The topological polar surface area (TPSA) is 97.1 Å². The molecule has 2 atom stereocenters. The van der Waals surface area contributed by atoms with E-state index < -0.39 is 0 Å². The smallest absolute Gasteiger partial charge is 0.274 e. The van der Waals surface area contributed by atoms with E-state index in [0.717, 1.165) is 24.4 Å². The van der Waals surface area contributed by atoms with Gasteiger partial charge >= 0.3 is 0 Å². The van der Waals surface area contributed by atoms with Gasteiger partial charge in [0.1, 0.15) is 5.69 Å². The van der Waals surface area contributed by atoms with Crippen LogP contribution in [0.25, 0.3) is 0 Å². The van der Waals surface area contributed by atoms with Gasteiger partial charge in [0, 0.05) is 43.6 Å². The lowest BCUT2D eigenvalue weighted by atomic mass is 9.97. The Balaban J connectivity index is 1.33. The Morgan fingerprint density at radius 2 is 2.12 bits per heavy atom. The van der Waals surface area contributed by atoms with Crippen LogP contribution in [-0.2, 0) is 4.74 Å². The van der Waals surface area contributed by atoms with Crippen molar-refractivity contribution >= 4 is 5.91 Å². The van der Waals surface area contributed by atoms with Gasteiger partial charge in [-0.05, 0) is 31.7 Å². The van der Waals surface area contributed by atoms with E-state index in [1.165, 1.54) is 12.8 Å². The Morgan fingerprint density at radius 3 is 2.85 bits per heavy atom. The lowest BCUT2D eigenvalue weighted by Crippen LogP contribution is -2.29. The summed E-state index contributed by atoms with van der Waals surface area (Å²) in [6.07, 6.45) is 4.63. The van der Waals surface area contributed by atoms with Crippen LogP contribution in [0.1, 0.15) is 71.3 Å². The fourth-order valence-corrected chi connectivity index (χ4v) is 3.82. The number of hydrogen-bond donors (Lipinski definition) is 1. The lowest BCUT2D eigenvalue weighted by molar-refractivity contribution is 0.0769. The van der Waals surface area contributed by atoms with Crippen molar-refractivity contribution in [2.75, 3.05) is 26.8 Å². The molecular formula is C18H23N5O3. The highest BCUT2D eigenvalue weighted by Gasteiger charge is 2.41. The lowest BCUT2D eigenvalue weighted by Gasteiger charge is -2.14. The Kier molecular flexibility index (Phi) is 3.81. The summed E-state index contributed by atoms with van der Waals surface area (Å²) in [5.74, 6) is 2.57. The molecule has 2 saturated carbocycles. The van der Waals surface area contributed by atoms with Gasteiger partial charge in [-0.15, -0.1) is 0 Å². The zero-order valence-corrected chi connectivity index (χ0v) is 14.9. The minimum absolute atomic E-state index is 0.0146.